The maximum atomic E-state index is 11.1. The van der Waals surface area contributed by atoms with Gasteiger partial charge in [-0.1, -0.05) is 51.9 Å². The predicted molar refractivity (Wildman–Crippen MR) is 81.2 cm³/mol. The van der Waals surface area contributed by atoms with Gasteiger partial charge >= 0.3 is 5.97 Å². The van der Waals surface area contributed by atoms with Gasteiger partial charge in [-0.3, -0.25) is 4.79 Å². The number of thioether (sulfide) groups is 1. The maximum absolute atomic E-state index is 11.1. The van der Waals surface area contributed by atoms with Crippen LogP contribution in [-0.2, 0) is 9.53 Å². The second kappa shape index (κ2) is 14.9. The van der Waals surface area contributed by atoms with E-state index in [2.05, 4.69) is 6.92 Å². The molecule has 0 radical (unpaired) electrons. The first-order valence-electron chi connectivity index (χ1n) is 7.54. The maximum Gasteiger partial charge on any atom is 0.306 e. The summed E-state index contributed by atoms with van der Waals surface area (Å²) in [4.78, 5) is 11.1. The molecule has 108 valence electrons. The van der Waals surface area contributed by atoms with Crippen molar-refractivity contribution in [2.75, 3.05) is 18.1 Å². The predicted octanol–water partition coefficient (Wildman–Crippen LogP) is 4.81. The van der Waals surface area contributed by atoms with Crippen LogP contribution < -0.4 is 0 Å². The fourth-order valence-electron chi connectivity index (χ4n) is 1.83. The average molecular weight is 274 g/mol. The van der Waals surface area contributed by atoms with Gasteiger partial charge in [0.15, 0.2) is 0 Å². The summed E-state index contributed by atoms with van der Waals surface area (Å²) in [6, 6.07) is 0. The van der Waals surface area contributed by atoms with Crippen molar-refractivity contribution in [1.82, 2.24) is 0 Å². The molecule has 0 aromatic rings. The number of rotatable bonds is 13. The average Bonchev–Trinajstić information content (AvgIpc) is 2.36. The molecule has 0 saturated heterocycles. The SMILES string of the molecule is CCCCCCCCCCSCCC(=O)OCC. The lowest BCUT2D eigenvalue weighted by atomic mass is 10.1. The third-order valence-electron chi connectivity index (χ3n) is 2.90. The first-order valence-corrected chi connectivity index (χ1v) is 8.70. The molecule has 2 nitrogen and oxygen atoms in total. The third-order valence-corrected chi connectivity index (χ3v) is 3.97. The molecule has 0 rings (SSSR count). The van der Waals surface area contributed by atoms with Crippen LogP contribution in [0, 0.1) is 0 Å². The molecular formula is C15H30O2S. The number of carbonyl (C=O) groups excluding carboxylic acids is 1. The minimum absolute atomic E-state index is 0.0547. The number of unbranched alkanes of at least 4 members (excludes halogenated alkanes) is 7. The second-order valence-electron chi connectivity index (χ2n) is 4.64. The second-order valence-corrected chi connectivity index (χ2v) is 5.87. The molecule has 18 heavy (non-hydrogen) atoms. The third kappa shape index (κ3) is 13.9. The Morgan fingerprint density at radius 2 is 1.50 bits per heavy atom. The van der Waals surface area contributed by atoms with Crippen LogP contribution in [0.3, 0.4) is 0 Å². The Bertz CT molecular complexity index is 183. The molecule has 3 heteroatoms. The topological polar surface area (TPSA) is 26.3 Å². The molecule has 0 unspecified atom stereocenters. The van der Waals surface area contributed by atoms with E-state index in [0.717, 1.165) is 5.75 Å². The zero-order valence-electron chi connectivity index (χ0n) is 12.2. The van der Waals surface area contributed by atoms with Gasteiger partial charge in [-0.2, -0.15) is 11.8 Å². The van der Waals surface area contributed by atoms with E-state index >= 15 is 0 Å². The van der Waals surface area contributed by atoms with Crippen molar-refractivity contribution in [3.63, 3.8) is 0 Å². The molecule has 0 bridgehead atoms. The summed E-state index contributed by atoms with van der Waals surface area (Å²) in [5.41, 5.74) is 0. The minimum atomic E-state index is -0.0547. The molecule has 0 aliphatic carbocycles. The number of hydrogen-bond acceptors (Lipinski definition) is 3. The molecule has 0 heterocycles. The normalized spacial score (nSPS) is 10.6. The van der Waals surface area contributed by atoms with Crippen LogP contribution in [0.5, 0.6) is 0 Å². The van der Waals surface area contributed by atoms with Crippen LogP contribution in [0.15, 0.2) is 0 Å². The molecule has 0 saturated carbocycles. The molecular weight excluding hydrogens is 244 g/mol. The fourth-order valence-corrected chi connectivity index (χ4v) is 2.75. The Morgan fingerprint density at radius 3 is 2.11 bits per heavy atom. The highest BCUT2D eigenvalue weighted by molar-refractivity contribution is 7.99. The summed E-state index contributed by atoms with van der Waals surface area (Å²) in [6.45, 7) is 4.61. The smallest absolute Gasteiger partial charge is 0.306 e. The van der Waals surface area contributed by atoms with E-state index in [-0.39, 0.29) is 5.97 Å². The van der Waals surface area contributed by atoms with Crippen LogP contribution in [0.4, 0.5) is 0 Å². The van der Waals surface area contributed by atoms with E-state index in [1.54, 1.807) is 0 Å². The van der Waals surface area contributed by atoms with Gasteiger partial charge in [-0.25, -0.2) is 0 Å². The van der Waals surface area contributed by atoms with Crippen molar-refractivity contribution in [1.29, 1.82) is 0 Å². The van der Waals surface area contributed by atoms with E-state index in [1.807, 2.05) is 18.7 Å². The van der Waals surface area contributed by atoms with E-state index in [9.17, 15) is 4.79 Å². The van der Waals surface area contributed by atoms with Crippen LogP contribution >= 0.6 is 11.8 Å². The van der Waals surface area contributed by atoms with E-state index in [1.165, 1.54) is 57.1 Å². The van der Waals surface area contributed by atoms with Crippen molar-refractivity contribution in [2.45, 2.75) is 71.6 Å². The Hall–Kier alpha value is -0.180. The molecule has 0 aliphatic rings. The van der Waals surface area contributed by atoms with Gasteiger partial charge in [-0.15, -0.1) is 0 Å². The molecule has 0 fully saturated rings. The van der Waals surface area contributed by atoms with Crippen LogP contribution in [0.25, 0.3) is 0 Å². The standard InChI is InChI=1S/C15H30O2S/c1-3-5-6-7-8-9-10-11-13-18-14-12-15(16)17-4-2/h3-14H2,1-2H3. The minimum Gasteiger partial charge on any atom is -0.466 e. The molecule has 0 aliphatic heterocycles. The van der Waals surface area contributed by atoms with Crippen LogP contribution in [0.2, 0.25) is 0 Å². The molecule has 0 spiro atoms. The quantitative estimate of drug-likeness (QED) is 0.356. The molecule has 0 atom stereocenters. The lowest BCUT2D eigenvalue weighted by Crippen LogP contribution is -2.04. The molecule has 0 aromatic heterocycles. The van der Waals surface area contributed by atoms with Gasteiger partial charge in [0.25, 0.3) is 0 Å². The van der Waals surface area contributed by atoms with Crippen molar-refractivity contribution < 1.29 is 9.53 Å². The van der Waals surface area contributed by atoms with E-state index in [4.69, 9.17) is 4.74 Å². The van der Waals surface area contributed by atoms with Crippen molar-refractivity contribution in [3.8, 4) is 0 Å². The lowest BCUT2D eigenvalue weighted by molar-refractivity contribution is -0.142. The monoisotopic (exact) mass is 274 g/mol. The Kier molecular flexibility index (Phi) is 14.7. The van der Waals surface area contributed by atoms with E-state index < -0.39 is 0 Å². The van der Waals surface area contributed by atoms with Crippen molar-refractivity contribution in [2.24, 2.45) is 0 Å². The summed E-state index contributed by atoms with van der Waals surface area (Å²) < 4.78 is 4.88. The summed E-state index contributed by atoms with van der Waals surface area (Å²) >= 11 is 1.88. The summed E-state index contributed by atoms with van der Waals surface area (Å²) in [6.07, 6.45) is 11.5. The Labute approximate surface area is 117 Å². The Morgan fingerprint density at radius 1 is 0.889 bits per heavy atom. The number of hydrogen-bond donors (Lipinski definition) is 0. The first kappa shape index (κ1) is 17.8. The number of esters is 1. The summed E-state index contributed by atoms with van der Waals surface area (Å²) in [5, 5.41) is 0. The zero-order chi connectivity index (χ0) is 13.5. The van der Waals surface area contributed by atoms with E-state index in [0.29, 0.717) is 13.0 Å². The summed E-state index contributed by atoms with van der Waals surface area (Å²) in [7, 11) is 0. The highest BCUT2D eigenvalue weighted by Gasteiger charge is 2.00. The van der Waals surface area contributed by atoms with Gasteiger partial charge < -0.3 is 4.74 Å². The lowest BCUT2D eigenvalue weighted by Gasteiger charge is -2.03. The highest BCUT2D eigenvalue weighted by atomic mass is 32.2. The fraction of sp³-hybridized carbons (Fsp3) is 0.933. The number of carbonyl (C=O) groups is 1. The van der Waals surface area contributed by atoms with Gasteiger partial charge in [0.2, 0.25) is 0 Å². The number of ether oxygens (including phenoxy) is 1. The zero-order valence-corrected chi connectivity index (χ0v) is 13.0. The molecule has 0 N–H and O–H groups in total. The van der Waals surface area contributed by atoms with Crippen LogP contribution in [-0.4, -0.2) is 24.1 Å². The van der Waals surface area contributed by atoms with Crippen molar-refractivity contribution >= 4 is 17.7 Å². The highest BCUT2D eigenvalue weighted by Crippen LogP contribution is 2.11. The molecule has 0 aromatic carbocycles. The van der Waals surface area contributed by atoms with Gasteiger partial charge in [0.1, 0.15) is 0 Å². The van der Waals surface area contributed by atoms with Gasteiger partial charge in [0.05, 0.1) is 13.0 Å². The first-order chi connectivity index (χ1) is 8.81. The van der Waals surface area contributed by atoms with Gasteiger partial charge in [0, 0.05) is 5.75 Å². The molecule has 0 amide bonds. The largest absolute Gasteiger partial charge is 0.466 e. The Balaban J connectivity index is 3.01. The van der Waals surface area contributed by atoms with Crippen molar-refractivity contribution in [3.05, 3.63) is 0 Å². The van der Waals surface area contributed by atoms with Gasteiger partial charge in [-0.05, 0) is 19.1 Å². The van der Waals surface area contributed by atoms with Crippen LogP contribution in [0.1, 0.15) is 71.6 Å². The summed E-state index contributed by atoms with van der Waals surface area (Å²) in [5.74, 6) is 2.05.